The second-order valence-corrected chi connectivity index (χ2v) is 6.41. The van der Waals surface area contributed by atoms with Crippen molar-refractivity contribution in [3.05, 3.63) is 21.9 Å². The molecule has 1 saturated carbocycles. The van der Waals surface area contributed by atoms with E-state index in [0.717, 1.165) is 17.3 Å². The number of carboxylic acids is 1. The molecule has 0 aliphatic heterocycles. The molecule has 0 saturated heterocycles. The molecule has 1 aromatic rings. The molecule has 1 aliphatic carbocycles. The predicted octanol–water partition coefficient (Wildman–Crippen LogP) is 3.04. The summed E-state index contributed by atoms with van der Waals surface area (Å²) in [6.07, 6.45) is 5.59. The molecule has 1 fully saturated rings. The Morgan fingerprint density at radius 3 is 2.78 bits per heavy atom. The Morgan fingerprint density at radius 1 is 1.44 bits per heavy atom. The minimum Gasteiger partial charge on any atom is -0.481 e. The zero-order valence-corrected chi connectivity index (χ0v) is 11.6. The largest absolute Gasteiger partial charge is 0.481 e. The number of aliphatic carboxylic acids is 1. The van der Waals surface area contributed by atoms with E-state index < -0.39 is 5.97 Å². The van der Waals surface area contributed by atoms with E-state index in [0.29, 0.717) is 6.04 Å². The lowest BCUT2D eigenvalue weighted by molar-refractivity contribution is -0.136. The summed E-state index contributed by atoms with van der Waals surface area (Å²) in [6, 6.07) is 4.53. The molecule has 1 aromatic heterocycles. The molecule has 0 unspecified atom stereocenters. The second-order valence-electron chi connectivity index (χ2n) is 5.15. The quantitative estimate of drug-likeness (QED) is 0.833. The van der Waals surface area contributed by atoms with Gasteiger partial charge in [0, 0.05) is 22.3 Å². The average Bonchev–Trinajstić information content (AvgIpc) is 2.95. The Labute approximate surface area is 112 Å². The topological polar surface area (TPSA) is 49.3 Å². The third-order valence-corrected chi connectivity index (χ3v) is 4.83. The molecule has 4 heteroatoms. The molecule has 0 radical (unpaired) electrons. The first-order chi connectivity index (χ1) is 8.65. The number of hydrogen-bond donors (Lipinski definition) is 2. The molecule has 3 nitrogen and oxygen atoms in total. The van der Waals surface area contributed by atoms with E-state index in [1.54, 1.807) is 11.3 Å². The van der Waals surface area contributed by atoms with Gasteiger partial charge in [0.1, 0.15) is 0 Å². The van der Waals surface area contributed by atoms with Crippen molar-refractivity contribution in [1.29, 1.82) is 0 Å². The fourth-order valence-electron chi connectivity index (χ4n) is 2.65. The lowest BCUT2D eigenvalue weighted by atomic mass is 10.00. The first kappa shape index (κ1) is 13.6. The van der Waals surface area contributed by atoms with Crippen molar-refractivity contribution < 1.29 is 9.90 Å². The number of carbonyl (C=O) groups is 1. The van der Waals surface area contributed by atoms with Crippen LogP contribution < -0.4 is 5.32 Å². The normalized spacial score (nSPS) is 18.1. The molecule has 1 atom stereocenters. The van der Waals surface area contributed by atoms with Gasteiger partial charge in [0.15, 0.2) is 0 Å². The zero-order valence-electron chi connectivity index (χ0n) is 10.8. The molecule has 100 valence electrons. The van der Waals surface area contributed by atoms with Crippen LogP contribution in [0, 0.1) is 5.92 Å². The monoisotopic (exact) mass is 267 g/mol. The van der Waals surface area contributed by atoms with E-state index >= 15 is 0 Å². The van der Waals surface area contributed by atoms with E-state index in [-0.39, 0.29) is 6.42 Å². The summed E-state index contributed by atoms with van der Waals surface area (Å²) in [4.78, 5) is 12.8. The molecule has 0 amide bonds. The minimum atomic E-state index is -0.754. The lowest BCUT2D eigenvalue weighted by Crippen LogP contribution is -2.31. The summed E-state index contributed by atoms with van der Waals surface area (Å²) in [5.41, 5.74) is 0. The number of carboxylic acid groups (broad SMARTS) is 1. The first-order valence-electron chi connectivity index (χ1n) is 6.68. The van der Waals surface area contributed by atoms with Crippen molar-refractivity contribution in [2.24, 2.45) is 5.92 Å². The van der Waals surface area contributed by atoms with Gasteiger partial charge in [-0.05, 0) is 37.8 Å². The van der Waals surface area contributed by atoms with E-state index in [1.807, 2.05) is 12.1 Å². The van der Waals surface area contributed by atoms with Gasteiger partial charge in [-0.1, -0.05) is 12.8 Å². The Hall–Kier alpha value is -0.870. The van der Waals surface area contributed by atoms with Gasteiger partial charge in [-0.15, -0.1) is 11.3 Å². The molecular weight excluding hydrogens is 246 g/mol. The Kier molecular flexibility index (Phi) is 4.78. The van der Waals surface area contributed by atoms with Crippen molar-refractivity contribution >= 4 is 17.3 Å². The summed E-state index contributed by atoms with van der Waals surface area (Å²) in [6.45, 7) is 3.13. The number of nitrogens with one attached hydrogen (secondary N) is 1. The van der Waals surface area contributed by atoms with Gasteiger partial charge in [0.05, 0.1) is 6.42 Å². The van der Waals surface area contributed by atoms with Crippen LogP contribution in [0.2, 0.25) is 0 Å². The van der Waals surface area contributed by atoms with Gasteiger partial charge in [-0.2, -0.15) is 0 Å². The molecule has 0 aromatic carbocycles. The van der Waals surface area contributed by atoms with Crippen LogP contribution in [-0.4, -0.2) is 17.1 Å². The van der Waals surface area contributed by atoms with E-state index in [2.05, 4.69) is 12.2 Å². The van der Waals surface area contributed by atoms with Crippen LogP contribution >= 0.6 is 11.3 Å². The average molecular weight is 267 g/mol. The molecule has 18 heavy (non-hydrogen) atoms. The second kappa shape index (κ2) is 6.34. The fraction of sp³-hybridized carbons (Fsp3) is 0.643. The Balaban J connectivity index is 1.78. The summed E-state index contributed by atoms with van der Waals surface area (Å²) in [5, 5.41) is 12.3. The lowest BCUT2D eigenvalue weighted by Gasteiger charge is -2.19. The van der Waals surface area contributed by atoms with Gasteiger partial charge in [0.25, 0.3) is 0 Å². The third kappa shape index (κ3) is 3.82. The van der Waals surface area contributed by atoms with Gasteiger partial charge in [-0.3, -0.25) is 4.79 Å². The van der Waals surface area contributed by atoms with Crippen molar-refractivity contribution in [2.75, 3.05) is 0 Å². The van der Waals surface area contributed by atoms with Gasteiger partial charge in [-0.25, -0.2) is 0 Å². The highest BCUT2D eigenvalue weighted by Gasteiger charge is 2.20. The molecular formula is C14H21NO2S. The van der Waals surface area contributed by atoms with Gasteiger partial charge < -0.3 is 10.4 Å². The van der Waals surface area contributed by atoms with Crippen molar-refractivity contribution in [2.45, 2.75) is 51.6 Å². The number of thiophene rings is 1. The van der Waals surface area contributed by atoms with Crippen LogP contribution in [0.3, 0.4) is 0 Å². The predicted molar refractivity (Wildman–Crippen MR) is 73.9 cm³/mol. The Morgan fingerprint density at radius 2 is 2.11 bits per heavy atom. The van der Waals surface area contributed by atoms with E-state index in [4.69, 9.17) is 5.11 Å². The molecule has 0 spiro atoms. The van der Waals surface area contributed by atoms with Crippen LogP contribution in [0.4, 0.5) is 0 Å². The van der Waals surface area contributed by atoms with Crippen LogP contribution in [0.1, 0.15) is 42.4 Å². The van der Waals surface area contributed by atoms with Crippen LogP contribution in [0.15, 0.2) is 12.1 Å². The van der Waals surface area contributed by atoms with Crippen molar-refractivity contribution in [3.8, 4) is 0 Å². The highest BCUT2D eigenvalue weighted by atomic mass is 32.1. The SMILES string of the molecule is C[C@H](NCc1ccc(CC(=O)O)s1)C1CCCC1. The van der Waals surface area contributed by atoms with Crippen LogP contribution in [0.5, 0.6) is 0 Å². The van der Waals surface area contributed by atoms with Gasteiger partial charge in [0.2, 0.25) is 0 Å². The molecule has 1 heterocycles. The maximum Gasteiger partial charge on any atom is 0.308 e. The zero-order chi connectivity index (χ0) is 13.0. The Bertz CT molecular complexity index is 396. The summed E-state index contributed by atoms with van der Waals surface area (Å²) in [5.74, 6) is 0.0686. The standard InChI is InChI=1S/C14H21NO2S/c1-10(11-4-2-3-5-11)15-9-13-7-6-12(18-13)8-14(16)17/h6-7,10-11,15H,2-5,8-9H2,1H3,(H,16,17)/t10-/m0/s1. The summed E-state index contributed by atoms with van der Waals surface area (Å²) < 4.78 is 0. The third-order valence-electron chi connectivity index (χ3n) is 3.75. The smallest absolute Gasteiger partial charge is 0.308 e. The van der Waals surface area contributed by atoms with Crippen molar-refractivity contribution in [1.82, 2.24) is 5.32 Å². The first-order valence-corrected chi connectivity index (χ1v) is 7.49. The van der Waals surface area contributed by atoms with Crippen LogP contribution in [0.25, 0.3) is 0 Å². The number of hydrogen-bond acceptors (Lipinski definition) is 3. The van der Waals surface area contributed by atoms with Crippen LogP contribution in [-0.2, 0) is 17.8 Å². The fourth-order valence-corrected chi connectivity index (χ4v) is 3.61. The molecule has 2 N–H and O–H groups in total. The van der Waals surface area contributed by atoms with E-state index in [9.17, 15) is 4.79 Å². The minimum absolute atomic E-state index is 0.142. The summed E-state index contributed by atoms with van der Waals surface area (Å²) in [7, 11) is 0. The molecule has 1 aliphatic rings. The number of rotatable bonds is 6. The van der Waals surface area contributed by atoms with E-state index in [1.165, 1.54) is 30.6 Å². The maximum atomic E-state index is 10.6. The van der Waals surface area contributed by atoms with Gasteiger partial charge >= 0.3 is 5.97 Å². The molecule has 0 bridgehead atoms. The molecule has 2 rings (SSSR count). The highest BCUT2D eigenvalue weighted by molar-refractivity contribution is 7.12. The van der Waals surface area contributed by atoms with Crippen molar-refractivity contribution in [3.63, 3.8) is 0 Å². The highest BCUT2D eigenvalue weighted by Crippen LogP contribution is 2.27. The maximum absolute atomic E-state index is 10.6. The summed E-state index contributed by atoms with van der Waals surface area (Å²) >= 11 is 1.60.